The summed E-state index contributed by atoms with van der Waals surface area (Å²) in [5.41, 5.74) is 0. The number of aliphatic hydroxyl groups excluding tert-OH is 2. The van der Waals surface area contributed by atoms with Gasteiger partial charge in [0.05, 0.1) is 18.6 Å². The molecule has 1 heterocycles. The zero-order valence-electron chi connectivity index (χ0n) is 6.61. The molecule has 0 aromatic carbocycles. The second-order valence-corrected chi connectivity index (χ2v) is 3.34. The highest BCUT2D eigenvalue weighted by Gasteiger charge is 2.40. The van der Waals surface area contributed by atoms with E-state index in [2.05, 4.69) is 0 Å². The van der Waals surface area contributed by atoms with Gasteiger partial charge in [-0.05, 0) is 18.5 Å². The van der Waals surface area contributed by atoms with E-state index in [4.69, 9.17) is 16.3 Å². The molecule has 1 saturated heterocycles. The van der Waals surface area contributed by atoms with Crippen LogP contribution in [0.15, 0.2) is 0 Å². The molecular weight excluding hydrogens is 184 g/mol. The Morgan fingerprint density at radius 1 is 1.50 bits per heavy atom. The fourth-order valence-electron chi connectivity index (χ4n) is 1.26. The maximum atomic E-state index is 10.5. The first-order valence-corrected chi connectivity index (χ1v) is 4.10. The molecule has 2 N–H and O–H groups in total. The summed E-state index contributed by atoms with van der Waals surface area (Å²) < 4.78 is 5.09. The van der Waals surface area contributed by atoms with E-state index in [1.54, 1.807) is 6.92 Å². The van der Waals surface area contributed by atoms with Crippen LogP contribution in [0.25, 0.3) is 0 Å². The van der Waals surface area contributed by atoms with Gasteiger partial charge in [0, 0.05) is 0 Å². The lowest BCUT2D eigenvalue weighted by Crippen LogP contribution is -2.32. The second-order valence-electron chi connectivity index (χ2n) is 2.92. The first-order valence-electron chi connectivity index (χ1n) is 3.72. The van der Waals surface area contributed by atoms with Crippen molar-refractivity contribution in [3.8, 4) is 0 Å². The van der Waals surface area contributed by atoms with Crippen LogP contribution in [0.1, 0.15) is 13.3 Å². The van der Waals surface area contributed by atoms with Gasteiger partial charge in [-0.15, -0.1) is 0 Å². The molecule has 4 nitrogen and oxygen atoms in total. The third-order valence-corrected chi connectivity index (χ3v) is 2.12. The van der Waals surface area contributed by atoms with Crippen LogP contribution in [-0.4, -0.2) is 39.9 Å². The standard InChI is InChI=1S/C7H11ClO4/c1-3-6(10)7(11)4(12-3)2-5(8)9/h3-4,6-7,10-11H,2H2,1H3/t3-,4+,6?,7-/m0/s1. The van der Waals surface area contributed by atoms with E-state index < -0.39 is 29.7 Å². The lowest BCUT2D eigenvalue weighted by atomic mass is 10.1. The van der Waals surface area contributed by atoms with Crippen LogP contribution >= 0.6 is 11.6 Å². The first-order chi connectivity index (χ1) is 5.52. The Morgan fingerprint density at radius 2 is 2.08 bits per heavy atom. The largest absolute Gasteiger partial charge is 0.388 e. The highest BCUT2D eigenvalue weighted by molar-refractivity contribution is 6.63. The van der Waals surface area contributed by atoms with Crippen LogP contribution in [0.3, 0.4) is 0 Å². The monoisotopic (exact) mass is 194 g/mol. The lowest BCUT2D eigenvalue weighted by molar-refractivity contribution is -0.115. The number of carbonyl (C=O) groups excluding carboxylic acids is 1. The van der Waals surface area contributed by atoms with Crippen molar-refractivity contribution in [2.75, 3.05) is 0 Å². The molecule has 5 heteroatoms. The van der Waals surface area contributed by atoms with Crippen molar-refractivity contribution in [3.05, 3.63) is 0 Å². The number of carbonyl (C=O) groups is 1. The van der Waals surface area contributed by atoms with Gasteiger partial charge in [0.2, 0.25) is 5.24 Å². The fourth-order valence-corrected chi connectivity index (χ4v) is 1.41. The van der Waals surface area contributed by atoms with Gasteiger partial charge in [0.1, 0.15) is 12.2 Å². The molecule has 12 heavy (non-hydrogen) atoms. The predicted octanol–water partition coefficient (Wildman–Crippen LogP) is -0.349. The molecule has 0 radical (unpaired) electrons. The second kappa shape index (κ2) is 3.70. The Balaban J connectivity index is 2.52. The predicted molar refractivity (Wildman–Crippen MR) is 41.8 cm³/mol. The van der Waals surface area contributed by atoms with E-state index >= 15 is 0 Å². The van der Waals surface area contributed by atoms with E-state index in [0.29, 0.717) is 0 Å². The Labute approximate surface area is 75.1 Å². The number of rotatable bonds is 2. The van der Waals surface area contributed by atoms with Crippen LogP contribution < -0.4 is 0 Å². The Bertz CT molecular complexity index is 184. The van der Waals surface area contributed by atoms with E-state index in [1.165, 1.54) is 0 Å². The van der Waals surface area contributed by atoms with Crippen LogP contribution in [0.5, 0.6) is 0 Å². The summed E-state index contributed by atoms with van der Waals surface area (Å²) in [5, 5.41) is 17.9. The minimum atomic E-state index is -1.01. The number of hydrogen-bond acceptors (Lipinski definition) is 4. The highest BCUT2D eigenvalue weighted by atomic mass is 35.5. The maximum Gasteiger partial charge on any atom is 0.224 e. The van der Waals surface area contributed by atoms with Crippen LogP contribution in [0, 0.1) is 0 Å². The molecule has 1 aliphatic rings. The summed E-state index contributed by atoms with van der Waals surface area (Å²) in [6.07, 6.45) is -3.11. The molecule has 1 fully saturated rings. The van der Waals surface area contributed by atoms with Gasteiger partial charge in [-0.3, -0.25) is 4.79 Å². The number of ether oxygens (including phenoxy) is 1. The molecule has 0 saturated carbocycles. The van der Waals surface area contributed by atoms with Gasteiger partial charge >= 0.3 is 0 Å². The molecule has 0 amide bonds. The third kappa shape index (κ3) is 1.95. The molecule has 4 atom stereocenters. The van der Waals surface area contributed by atoms with E-state index in [1.807, 2.05) is 0 Å². The summed E-state index contributed by atoms with van der Waals surface area (Å²) in [6, 6.07) is 0. The smallest absolute Gasteiger partial charge is 0.224 e. The first kappa shape index (κ1) is 9.92. The molecule has 0 spiro atoms. The molecule has 1 aliphatic heterocycles. The van der Waals surface area contributed by atoms with Gasteiger partial charge in [0.15, 0.2) is 0 Å². The number of aliphatic hydroxyl groups is 2. The molecule has 0 aromatic rings. The SMILES string of the molecule is C[C@@H]1O[C@H](CC(=O)Cl)[C@H](O)C1O. The Hall–Kier alpha value is -0.160. The molecule has 70 valence electrons. The molecule has 1 rings (SSSR count). The minimum absolute atomic E-state index is 0.0654. The van der Waals surface area contributed by atoms with E-state index in [9.17, 15) is 15.0 Å². The van der Waals surface area contributed by atoms with Crippen molar-refractivity contribution in [3.63, 3.8) is 0 Å². The summed E-state index contributed by atoms with van der Waals surface area (Å²) in [5.74, 6) is 0. The zero-order valence-corrected chi connectivity index (χ0v) is 7.36. The summed E-state index contributed by atoms with van der Waals surface area (Å²) in [4.78, 5) is 10.5. The Morgan fingerprint density at radius 3 is 2.42 bits per heavy atom. The van der Waals surface area contributed by atoms with Crippen molar-refractivity contribution in [2.24, 2.45) is 0 Å². The van der Waals surface area contributed by atoms with Crippen molar-refractivity contribution in [1.82, 2.24) is 0 Å². The van der Waals surface area contributed by atoms with Gasteiger partial charge in [-0.2, -0.15) is 0 Å². The third-order valence-electron chi connectivity index (χ3n) is 1.96. The van der Waals surface area contributed by atoms with Gasteiger partial charge in [-0.1, -0.05) is 0 Å². The minimum Gasteiger partial charge on any atom is -0.388 e. The van der Waals surface area contributed by atoms with Crippen LogP contribution in [0.2, 0.25) is 0 Å². The average molecular weight is 195 g/mol. The van der Waals surface area contributed by atoms with Gasteiger partial charge in [-0.25, -0.2) is 0 Å². The normalized spacial score (nSPS) is 41.7. The molecule has 1 unspecified atom stereocenters. The maximum absolute atomic E-state index is 10.5. The lowest BCUT2D eigenvalue weighted by Gasteiger charge is -2.11. The molecule has 0 aliphatic carbocycles. The van der Waals surface area contributed by atoms with Crippen LogP contribution in [-0.2, 0) is 9.53 Å². The quantitative estimate of drug-likeness (QED) is 0.590. The van der Waals surface area contributed by atoms with Crippen molar-refractivity contribution >= 4 is 16.8 Å². The van der Waals surface area contributed by atoms with Gasteiger partial charge in [0.25, 0.3) is 0 Å². The molecular formula is C7H11ClO4. The fraction of sp³-hybridized carbons (Fsp3) is 0.857. The topological polar surface area (TPSA) is 66.8 Å². The summed E-state index contributed by atoms with van der Waals surface area (Å²) >= 11 is 5.11. The number of hydrogen-bond donors (Lipinski definition) is 2. The van der Waals surface area contributed by atoms with Crippen LogP contribution in [0.4, 0.5) is 0 Å². The summed E-state index contributed by atoms with van der Waals surface area (Å²) in [7, 11) is 0. The van der Waals surface area contributed by atoms with Gasteiger partial charge < -0.3 is 14.9 Å². The van der Waals surface area contributed by atoms with E-state index in [0.717, 1.165) is 0 Å². The summed E-state index contributed by atoms with van der Waals surface area (Å²) in [6.45, 7) is 1.63. The van der Waals surface area contributed by atoms with Crippen molar-refractivity contribution in [2.45, 2.75) is 37.8 Å². The van der Waals surface area contributed by atoms with Crippen molar-refractivity contribution in [1.29, 1.82) is 0 Å². The Kier molecular flexibility index (Phi) is 3.06. The zero-order chi connectivity index (χ0) is 9.30. The van der Waals surface area contributed by atoms with E-state index in [-0.39, 0.29) is 6.42 Å². The highest BCUT2D eigenvalue weighted by Crippen LogP contribution is 2.23. The molecule has 0 aromatic heterocycles. The molecule has 0 bridgehead atoms. The average Bonchev–Trinajstić information content (AvgIpc) is 2.17. The van der Waals surface area contributed by atoms with Crippen molar-refractivity contribution < 1.29 is 19.7 Å². The number of halogens is 1.